The zero-order chi connectivity index (χ0) is 17.9. The SMILES string of the molecule is CCNC(=NCc1c(C)nn(C)c1C)N(C)Cc1cc(Cl)cn1C.I. The van der Waals surface area contributed by atoms with E-state index in [0.29, 0.717) is 6.54 Å². The van der Waals surface area contributed by atoms with Crippen LogP contribution in [0.25, 0.3) is 0 Å². The maximum Gasteiger partial charge on any atom is 0.194 e. The highest BCUT2D eigenvalue weighted by Crippen LogP contribution is 2.15. The number of aromatic nitrogens is 3. The molecular weight excluding hydrogens is 451 g/mol. The molecule has 0 aliphatic heterocycles. The van der Waals surface area contributed by atoms with Crippen LogP contribution in [0, 0.1) is 13.8 Å². The molecule has 25 heavy (non-hydrogen) atoms. The highest BCUT2D eigenvalue weighted by molar-refractivity contribution is 14.0. The van der Waals surface area contributed by atoms with E-state index in [4.69, 9.17) is 16.6 Å². The number of aryl methyl sites for hydroxylation is 3. The number of halogens is 2. The summed E-state index contributed by atoms with van der Waals surface area (Å²) in [6.07, 6.45) is 1.91. The van der Waals surface area contributed by atoms with Crippen molar-refractivity contribution in [2.45, 2.75) is 33.9 Å². The predicted octanol–water partition coefficient (Wildman–Crippen LogP) is 3.24. The summed E-state index contributed by atoms with van der Waals surface area (Å²) in [5, 5.41) is 8.56. The zero-order valence-corrected chi connectivity index (χ0v) is 18.9. The van der Waals surface area contributed by atoms with Crippen LogP contribution in [0.1, 0.15) is 29.6 Å². The molecule has 0 aromatic carbocycles. The summed E-state index contributed by atoms with van der Waals surface area (Å²) in [7, 11) is 6.00. The third kappa shape index (κ3) is 5.37. The lowest BCUT2D eigenvalue weighted by atomic mass is 10.2. The average Bonchev–Trinajstić information content (AvgIpc) is 2.95. The molecule has 2 aromatic rings. The van der Waals surface area contributed by atoms with Crippen molar-refractivity contribution in [1.82, 2.24) is 24.6 Å². The number of hydrogen-bond donors (Lipinski definition) is 1. The Morgan fingerprint density at radius 3 is 2.52 bits per heavy atom. The molecule has 8 heteroatoms. The first-order valence-electron chi connectivity index (χ1n) is 8.12. The molecular formula is C17H28ClIN6. The van der Waals surface area contributed by atoms with Gasteiger partial charge in [0.05, 0.1) is 23.8 Å². The highest BCUT2D eigenvalue weighted by Gasteiger charge is 2.12. The minimum Gasteiger partial charge on any atom is -0.357 e. The molecule has 0 radical (unpaired) electrons. The Morgan fingerprint density at radius 2 is 2.04 bits per heavy atom. The third-order valence-electron chi connectivity index (χ3n) is 4.22. The van der Waals surface area contributed by atoms with E-state index < -0.39 is 0 Å². The minimum atomic E-state index is 0. The fourth-order valence-corrected chi connectivity index (χ4v) is 2.98. The molecule has 0 spiro atoms. The van der Waals surface area contributed by atoms with Gasteiger partial charge in [-0.15, -0.1) is 24.0 Å². The molecule has 0 saturated carbocycles. The Bertz CT molecular complexity index is 734. The molecule has 2 rings (SSSR count). The number of rotatable bonds is 5. The van der Waals surface area contributed by atoms with Gasteiger partial charge in [-0.05, 0) is 26.8 Å². The summed E-state index contributed by atoms with van der Waals surface area (Å²) < 4.78 is 3.95. The Kier molecular flexibility index (Phi) is 8.27. The summed E-state index contributed by atoms with van der Waals surface area (Å²) in [5.74, 6) is 0.873. The molecule has 0 aliphatic rings. The second-order valence-electron chi connectivity index (χ2n) is 6.06. The highest BCUT2D eigenvalue weighted by atomic mass is 127. The Labute approximate surface area is 172 Å². The first kappa shape index (κ1) is 21.8. The molecule has 2 heterocycles. The number of nitrogens with one attached hydrogen (secondary N) is 1. The van der Waals surface area contributed by atoms with Gasteiger partial charge in [0.1, 0.15) is 0 Å². The summed E-state index contributed by atoms with van der Waals surface area (Å²) in [6, 6.07) is 1.98. The number of aliphatic imine (C=N–C) groups is 1. The Morgan fingerprint density at radius 1 is 1.36 bits per heavy atom. The third-order valence-corrected chi connectivity index (χ3v) is 4.42. The van der Waals surface area contributed by atoms with Gasteiger partial charge >= 0.3 is 0 Å². The van der Waals surface area contributed by atoms with E-state index in [0.717, 1.165) is 41.2 Å². The van der Waals surface area contributed by atoms with Gasteiger partial charge in [-0.3, -0.25) is 4.68 Å². The standard InChI is InChI=1S/C17H27ClN6.HI/c1-7-19-17(20-9-16-12(2)21-24(6)13(16)3)23(5)11-15-8-14(18)10-22(15)4;/h8,10H,7,9,11H2,1-6H3,(H,19,20);1H. The average molecular weight is 479 g/mol. The smallest absolute Gasteiger partial charge is 0.194 e. The van der Waals surface area contributed by atoms with Crippen molar-refractivity contribution < 1.29 is 0 Å². The zero-order valence-electron chi connectivity index (χ0n) is 15.8. The fraction of sp³-hybridized carbons (Fsp3) is 0.529. The first-order valence-corrected chi connectivity index (χ1v) is 8.50. The normalized spacial score (nSPS) is 11.4. The topological polar surface area (TPSA) is 50.4 Å². The van der Waals surface area contributed by atoms with Crippen LogP contribution in [-0.4, -0.2) is 38.8 Å². The van der Waals surface area contributed by atoms with E-state index in [1.165, 1.54) is 5.56 Å². The molecule has 140 valence electrons. The molecule has 0 atom stereocenters. The van der Waals surface area contributed by atoms with Crippen LogP contribution in [0.3, 0.4) is 0 Å². The molecule has 6 nitrogen and oxygen atoms in total. The fourth-order valence-electron chi connectivity index (χ4n) is 2.71. The maximum absolute atomic E-state index is 6.07. The van der Waals surface area contributed by atoms with Crippen molar-refractivity contribution in [2.75, 3.05) is 13.6 Å². The second-order valence-corrected chi connectivity index (χ2v) is 6.50. The van der Waals surface area contributed by atoms with Crippen molar-refractivity contribution in [1.29, 1.82) is 0 Å². The van der Waals surface area contributed by atoms with Crippen LogP contribution < -0.4 is 5.32 Å². The monoisotopic (exact) mass is 478 g/mol. The van der Waals surface area contributed by atoms with Gasteiger partial charge < -0.3 is 14.8 Å². The van der Waals surface area contributed by atoms with Gasteiger partial charge in [-0.25, -0.2) is 4.99 Å². The van der Waals surface area contributed by atoms with E-state index >= 15 is 0 Å². The van der Waals surface area contributed by atoms with Gasteiger partial charge in [0.15, 0.2) is 5.96 Å². The van der Waals surface area contributed by atoms with Crippen LogP contribution in [0.2, 0.25) is 5.02 Å². The van der Waals surface area contributed by atoms with Crippen molar-refractivity contribution in [3.63, 3.8) is 0 Å². The van der Waals surface area contributed by atoms with Crippen molar-refractivity contribution in [2.24, 2.45) is 19.1 Å². The van der Waals surface area contributed by atoms with E-state index in [1.807, 2.05) is 49.6 Å². The minimum absolute atomic E-state index is 0. The van der Waals surface area contributed by atoms with Crippen LogP contribution in [0.5, 0.6) is 0 Å². The van der Waals surface area contributed by atoms with E-state index in [1.54, 1.807) is 0 Å². The van der Waals surface area contributed by atoms with Gasteiger partial charge in [-0.2, -0.15) is 5.10 Å². The van der Waals surface area contributed by atoms with Gasteiger partial charge in [0, 0.05) is 50.8 Å². The van der Waals surface area contributed by atoms with Gasteiger partial charge in [-0.1, -0.05) is 11.6 Å². The molecule has 0 fully saturated rings. The lowest BCUT2D eigenvalue weighted by Crippen LogP contribution is -2.38. The van der Waals surface area contributed by atoms with Crippen molar-refractivity contribution in [3.8, 4) is 0 Å². The molecule has 0 amide bonds. The molecule has 0 aliphatic carbocycles. The number of guanidine groups is 1. The largest absolute Gasteiger partial charge is 0.357 e. The number of hydrogen-bond acceptors (Lipinski definition) is 2. The Balaban J connectivity index is 0.00000312. The number of nitrogens with zero attached hydrogens (tertiary/aromatic N) is 5. The van der Waals surface area contributed by atoms with E-state index in [2.05, 4.69) is 29.2 Å². The Hall–Kier alpha value is -1.22. The summed E-state index contributed by atoms with van der Waals surface area (Å²) in [6.45, 7) is 8.35. The summed E-state index contributed by atoms with van der Waals surface area (Å²) >= 11 is 6.07. The van der Waals surface area contributed by atoms with Crippen LogP contribution in [0.15, 0.2) is 17.3 Å². The van der Waals surface area contributed by atoms with Crippen LogP contribution >= 0.6 is 35.6 Å². The van der Waals surface area contributed by atoms with Crippen LogP contribution in [0.4, 0.5) is 0 Å². The molecule has 0 bridgehead atoms. The van der Waals surface area contributed by atoms with Crippen molar-refractivity contribution in [3.05, 3.63) is 39.9 Å². The maximum atomic E-state index is 6.07. The predicted molar refractivity (Wildman–Crippen MR) is 115 cm³/mol. The van der Waals surface area contributed by atoms with Gasteiger partial charge in [0.2, 0.25) is 0 Å². The molecule has 1 N–H and O–H groups in total. The van der Waals surface area contributed by atoms with E-state index in [9.17, 15) is 0 Å². The lowest BCUT2D eigenvalue weighted by Gasteiger charge is -2.22. The molecule has 2 aromatic heterocycles. The molecule has 0 saturated heterocycles. The lowest BCUT2D eigenvalue weighted by molar-refractivity contribution is 0.462. The van der Waals surface area contributed by atoms with Crippen LogP contribution in [-0.2, 0) is 27.2 Å². The molecule has 0 unspecified atom stereocenters. The summed E-state index contributed by atoms with van der Waals surface area (Å²) in [5.41, 5.74) is 4.51. The first-order chi connectivity index (χ1) is 11.3. The quantitative estimate of drug-likeness (QED) is 0.408. The van der Waals surface area contributed by atoms with Gasteiger partial charge in [0.25, 0.3) is 0 Å². The van der Waals surface area contributed by atoms with E-state index in [-0.39, 0.29) is 24.0 Å². The van der Waals surface area contributed by atoms with Crippen molar-refractivity contribution >= 4 is 41.5 Å². The summed E-state index contributed by atoms with van der Waals surface area (Å²) in [4.78, 5) is 6.89. The second kappa shape index (κ2) is 9.47.